The Kier molecular flexibility index (Phi) is 5.00. The SMILES string of the molecule is N#Cc1cccc(-c2ccccc2NCC(O)CCl)c1. The van der Waals surface area contributed by atoms with Gasteiger partial charge in [0.15, 0.2) is 0 Å². The fourth-order valence-electron chi connectivity index (χ4n) is 1.93. The summed E-state index contributed by atoms with van der Waals surface area (Å²) < 4.78 is 0. The first kappa shape index (κ1) is 14.4. The zero-order chi connectivity index (χ0) is 14.4. The van der Waals surface area contributed by atoms with E-state index in [9.17, 15) is 5.11 Å². The van der Waals surface area contributed by atoms with E-state index < -0.39 is 6.10 Å². The molecular weight excluding hydrogens is 272 g/mol. The van der Waals surface area contributed by atoms with Gasteiger partial charge in [0.1, 0.15) is 0 Å². The zero-order valence-electron chi connectivity index (χ0n) is 10.9. The van der Waals surface area contributed by atoms with Crippen molar-refractivity contribution in [2.24, 2.45) is 0 Å². The molecule has 2 aromatic carbocycles. The number of nitrogens with zero attached hydrogens (tertiary/aromatic N) is 1. The second kappa shape index (κ2) is 6.95. The van der Waals surface area contributed by atoms with E-state index >= 15 is 0 Å². The smallest absolute Gasteiger partial charge is 0.0991 e. The van der Waals surface area contributed by atoms with Gasteiger partial charge in [-0.2, -0.15) is 5.26 Å². The van der Waals surface area contributed by atoms with Crippen molar-refractivity contribution in [3.8, 4) is 17.2 Å². The summed E-state index contributed by atoms with van der Waals surface area (Å²) >= 11 is 5.59. The lowest BCUT2D eigenvalue weighted by molar-refractivity contribution is 0.211. The van der Waals surface area contributed by atoms with Crippen LogP contribution >= 0.6 is 11.6 Å². The third-order valence-corrected chi connectivity index (χ3v) is 3.29. The minimum absolute atomic E-state index is 0.194. The molecule has 0 fully saturated rings. The molecule has 20 heavy (non-hydrogen) atoms. The molecule has 1 atom stereocenters. The zero-order valence-corrected chi connectivity index (χ0v) is 11.6. The maximum atomic E-state index is 9.53. The average Bonchev–Trinajstić information content (AvgIpc) is 2.52. The minimum Gasteiger partial charge on any atom is -0.390 e. The molecule has 3 nitrogen and oxygen atoms in total. The summed E-state index contributed by atoms with van der Waals surface area (Å²) in [5.74, 6) is 0.194. The molecule has 2 N–H and O–H groups in total. The van der Waals surface area contributed by atoms with Crippen molar-refractivity contribution in [3.05, 3.63) is 54.1 Å². The Morgan fingerprint density at radius 2 is 2.00 bits per heavy atom. The molecular formula is C16H15ClN2O. The largest absolute Gasteiger partial charge is 0.390 e. The topological polar surface area (TPSA) is 56.0 Å². The van der Waals surface area contributed by atoms with Crippen LogP contribution in [0.15, 0.2) is 48.5 Å². The number of benzene rings is 2. The predicted octanol–water partition coefficient (Wildman–Crippen LogP) is 3.24. The third-order valence-electron chi connectivity index (χ3n) is 2.94. The number of aliphatic hydroxyl groups is 1. The molecule has 0 aliphatic carbocycles. The van der Waals surface area contributed by atoms with E-state index in [0.717, 1.165) is 16.8 Å². The Hall–Kier alpha value is -2.02. The van der Waals surface area contributed by atoms with Gasteiger partial charge < -0.3 is 10.4 Å². The molecule has 2 aromatic rings. The van der Waals surface area contributed by atoms with Crippen molar-refractivity contribution >= 4 is 17.3 Å². The molecule has 0 heterocycles. The van der Waals surface area contributed by atoms with Crippen molar-refractivity contribution < 1.29 is 5.11 Å². The molecule has 0 aliphatic rings. The van der Waals surface area contributed by atoms with Crippen LogP contribution in [0.3, 0.4) is 0 Å². The number of halogens is 1. The van der Waals surface area contributed by atoms with Gasteiger partial charge in [-0.05, 0) is 23.8 Å². The number of nitriles is 1. The standard InChI is InChI=1S/C16H15ClN2O/c17-9-14(20)11-19-16-7-2-1-6-15(16)13-5-3-4-12(8-13)10-18/h1-8,14,19-20H,9,11H2. The number of para-hydroxylation sites is 1. The number of alkyl halides is 1. The highest BCUT2D eigenvalue weighted by atomic mass is 35.5. The molecule has 0 saturated carbocycles. The van der Waals surface area contributed by atoms with Gasteiger partial charge in [0.2, 0.25) is 0 Å². The quantitative estimate of drug-likeness (QED) is 0.830. The highest BCUT2D eigenvalue weighted by molar-refractivity contribution is 6.18. The normalized spacial score (nSPS) is 11.7. The van der Waals surface area contributed by atoms with Crippen molar-refractivity contribution in [2.45, 2.75) is 6.10 Å². The summed E-state index contributed by atoms with van der Waals surface area (Å²) in [7, 11) is 0. The monoisotopic (exact) mass is 286 g/mol. The summed E-state index contributed by atoms with van der Waals surface area (Å²) in [6.45, 7) is 0.387. The first-order valence-corrected chi connectivity index (χ1v) is 6.85. The van der Waals surface area contributed by atoms with Crippen LogP contribution in [0.5, 0.6) is 0 Å². The number of anilines is 1. The fraction of sp³-hybridized carbons (Fsp3) is 0.188. The van der Waals surface area contributed by atoms with E-state index in [4.69, 9.17) is 16.9 Å². The molecule has 0 bridgehead atoms. The molecule has 0 amide bonds. The van der Waals surface area contributed by atoms with Crippen LogP contribution in [0.1, 0.15) is 5.56 Å². The minimum atomic E-state index is -0.588. The lowest BCUT2D eigenvalue weighted by Gasteiger charge is -2.14. The second-order valence-electron chi connectivity index (χ2n) is 4.43. The molecule has 0 aliphatic heterocycles. The van der Waals surface area contributed by atoms with E-state index in [-0.39, 0.29) is 5.88 Å². The first-order valence-electron chi connectivity index (χ1n) is 6.32. The number of nitrogens with one attached hydrogen (secondary N) is 1. The number of hydrogen-bond donors (Lipinski definition) is 2. The Morgan fingerprint density at radius 1 is 1.20 bits per heavy atom. The van der Waals surface area contributed by atoms with E-state index in [1.165, 1.54) is 0 Å². The van der Waals surface area contributed by atoms with Crippen LogP contribution in [0.25, 0.3) is 11.1 Å². The Balaban J connectivity index is 2.29. The molecule has 1 unspecified atom stereocenters. The Bertz CT molecular complexity index is 622. The maximum absolute atomic E-state index is 9.53. The summed E-state index contributed by atoms with van der Waals surface area (Å²) in [4.78, 5) is 0. The van der Waals surface area contributed by atoms with Crippen LogP contribution in [0.2, 0.25) is 0 Å². The van der Waals surface area contributed by atoms with Crippen molar-refractivity contribution in [1.82, 2.24) is 0 Å². The van der Waals surface area contributed by atoms with Gasteiger partial charge in [0, 0.05) is 17.8 Å². The van der Waals surface area contributed by atoms with Crippen LogP contribution in [-0.2, 0) is 0 Å². The molecule has 0 radical (unpaired) electrons. The van der Waals surface area contributed by atoms with Crippen molar-refractivity contribution in [2.75, 3.05) is 17.7 Å². The predicted molar refractivity (Wildman–Crippen MR) is 81.8 cm³/mol. The third kappa shape index (κ3) is 3.51. The highest BCUT2D eigenvalue weighted by Gasteiger charge is 2.07. The van der Waals surface area contributed by atoms with Gasteiger partial charge >= 0.3 is 0 Å². The Labute approximate surface area is 123 Å². The van der Waals surface area contributed by atoms with E-state index in [0.29, 0.717) is 12.1 Å². The highest BCUT2D eigenvalue weighted by Crippen LogP contribution is 2.28. The van der Waals surface area contributed by atoms with E-state index in [1.54, 1.807) is 6.07 Å². The van der Waals surface area contributed by atoms with E-state index in [2.05, 4.69) is 11.4 Å². The van der Waals surface area contributed by atoms with Gasteiger partial charge in [-0.15, -0.1) is 11.6 Å². The van der Waals surface area contributed by atoms with Gasteiger partial charge in [-0.25, -0.2) is 0 Å². The van der Waals surface area contributed by atoms with E-state index in [1.807, 2.05) is 42.5 Å². The summed E-state index contributed by atoms with van der Waals surface area (Å²) in [6, 6.07) is 17.4. The summed E-state index contributed by atoms with van der Waals surface area (Å²) in [6.07, 6.45) is -0.588. The second-order valence-corrected chi connectivity index (χ2v) is 4.74. The average molecular weight is 287 g/mol. The molecule has 2 rings (SSSR count). The van der Waals surface area contributed by atoms with Crippen molar-refractivity contribution in [3.63, 3.8) is 0 Å². The molecule has 0 spiro atoms. The number of hydrogen-bond acceptors (Lipinski definition) is 3. The summed E-state index contributed by atoms with van der Waals surface area (Å²) in [5.41, 5.74) is 3.49. The lowest BCUT2D eigenvalue weighted by Crippen LogP contribution is -2.21. The van der Waals surface area contributed by atoms with Gasteiger partial charge in [0.25, 0.3) is 0 Å². The lowest BCUT2D eigenvalue weighted by atomic mass is 10.0. The summed E-state index contributed by atoms with van der Waals surface area (Å²) in [5, 5.41) is 21.7. The number of rotatable bonds is 5. The molecule has 0 aromatic heterocycles. The van der Waals surface area contributed by atoms with Crippen LogP contribution in [0, 0.1) is 11.3 Å². The number of aliphatic hydroxyl groups excluding tert-OH is 1. The Morgan fingerprint density at radius 3 is 2.75 bits per heavy atom. The van der Waals surface area contributed by atoms with Crippen LogP contribution in [-0.4, -0.2) is 23.6 Å². The van der Waals surface area contributed by atoms with Gasteiger partial charge in [0.05, 0.1) is 23.6 Å². The van der Waals surface area contributed by atoms with Gasteiger partial charge in [-0.3, -0.25) is 0 Å². The maximum Gasteiger partial charge on any atom is 0.0991 e. The van der Waals surface area contributed by atoms with Crippen molar-refractivity contribution in [1.29, 1.82) is 5.26 Å². The van der Waals surface area contributed by atoms with Gasteiger partial charge in [-0.1, -0.05) is 30.3 Å². The molecule has 102 valence electrons. The molecule has 4 heteroatoms. The molecule has 0 saturated heterocycles. The van der Waals surface area contributed by atoms with Crippen LogP contribution < -0.4 is 5.32 Å². The van der Waals surface area contributed by atoms with Crippen LogP contribution in [0.4, 0.5) is 5.69 Å². The first-order chi connectivity index (χ1) is 9.74. The fourth-order valence-corrected chi connectivity index (χ4v) is 2.04.